The number of nitrogens with zero attached hydrogens (tertiary/aromatic N) is 1. The van der Waals surface area contributed by atoms with Gasteiger partial charge in [0.2, 0.25) is 0 Å². The van der Waals surface area contributed by atoms with Gasteiger partial charge in [0.05, 0.1) is 8.48 Å². The van der Waals surface area contributed by atoms with Gasteiger partial charge in [-0.1, -0.05) is 30.0 Å². The van der Waals surface area contributed by atoms with E-state index in [9.17, 15) is 9.90 Å². The van der Waals surface area contributed by atoms with Gasteiger partial charge < -0.3 is 5.11 Å². The number of halogens is 1. The molecule has 1 fully saturated rings. The quantitative estimate of drug-likeness (QED) is 0.478. The Morgan fingerprint density at radius 3 is 2.83 bits per heavy atom. The van der Waals surface area contributed by atoms with Crippen LogP contribution in [0.25, 0.3) is 6.08 Å². The zero-order valence-electron chi connectivity index (χ0n) is 9.51. The van der Waals surface area contributed by atoms with E-state index in [-0.39, 0.29) is 11.7 Å². The predicted octanol–water partition coefficient (Wildman–Crippen LogP) is 3.22. The highest BCUT2D eigenvalue weighted by Crippen LogP contribution is 2.32. The number of hydrogen-bond acceptors (Lipinski definition) is 4. The van der Waals surface area contributed by atoms with Crippen LogP contribution in [-0.2, 0) is 4.79 Å². The maximum atomic E-state index is 12.0. The maximum Gasteiger partial charge on any atom is 0.266 e. The van der Waals surface area contributed by atoms with E-state index in [0.717, 1.165) is 9.13 Å². The molecule has 1 heterocycles. The Kier molecular flexibility index (Phi) is 4.29. The second-order valence-corrected chi connectivity index (χ2v) is 6.47. The van der Waals surface area contributed by atoms with Crippen LogP contribution in [0, 0.1) is 3.57 Å². The minimum Gasteiger partial charge on any atom is -0.507 e. The van der Waals surface area contributed by atoms with Gasteiger partial charge in [0.15, 0.2) is 0 Å². The maximum absolute atomic E-state index is 12.0. The van der Waals surface area contributed by atoms with Crippen molar-refractivity contribution in [1.82, 2.24) is 4.90 Å². The van der Waals surface area contributed by atoms with Crippen LogP contribution in [-0.4, -0.2) is 26.8 Å². The first-order valence-corrected chi connectivity index (χ1v) is 7.57. The number of likely N-dealkylation sites (N-methyl/N-ethyl adjacent to an activating group) is 1. The Balaban J connectivity index is 2.32. The predicted molar refractivity (Wildman–Crippen MR) is 86.4 cm³/mol. The van der Waals surface area contributed by atoms with Crippen molar-refractivity contribution in [2.24, 2.45) is 0 Å². The molecule has 1 aromatic carbocycles. The molecule has 1 aliphatic rings. The van der Waals surface area contributed by atoms with Gasteiger partial charge in [-0.05, 0) is 53.3 Å². The van der Waals surface area contributed by atoms with Crippen LogP contribution in [0.1, 0.15) is 12.5 Å². The van der Waals surface area contributed by atoms with Crippen molar-refractivity contribution in [1.29, 1.82) is 0 Å². The summed E-state index contributed by atoms with van der Waals surface area (Å²) in [7, 11) is 0. The molecular formula is C12H10INO2S2. The number of phenols is 1. The normalized spacial score (nSPS) is 17.9. The first-order chi connectivity index (χ1) is 8.52. The molecule has 1 saturated heterocycles. The third-order valence-electron chi connectivity index (χ3n) is 2.46. The van der Waals surface area contributed by atoms with E-state index in [1.807, 2.05) is 13.0 Å². The highest BCUT2D eigenvalue weighted by Gasteiger charge is 2.30. The van der Waals surface area contributed by atoms with Crippen LogP contribution in [0.3, 0.4) is 0 Å². The molecule has 1 aromatic rings. The van der Waals surface area contributed by atoms with Crippen LogP contribution in [0.4, 0.5) is 0 Å². The molecule has 0 unspecified atom stereocenters. The van der Waals surface area contributed by atoms with Gasteiger partial charge >= 0.3 is 0 Å². The number of aromatic hydroxyl groups is 1. The Morgan fingerprint density at radius 1 is 1.56 bits per heavy atom. The number of carbonyl (C=O) groups excluding carboxylic acids is 1. The summed E-state index contributed by atoms with van der Waals surface area (Å²) in [4.78, 5) is 14.2. The van der Waals surface area contributed by atoms with Crippen molar-refractivity contribution in [2.45, 2.75) is 6.92 Å². The lowest BCUT2D eigenvalue weighted by atomic mass is 10.2. The molecule has 0 spiro atoms. The standard InChI is InChI=1S/C12H10INO2S2/c1-2-14-11(16)10(18-12(14)17)6-7-3-4-9(15)8(13)5-7/h3-6,15H,2H2,1H3. The van der Waals surface area contributed by atoms with Crippen molar-refractivity contribution in [3.63, 3.8) is 0 Å². The summed E-state index contributed by atoms with van der Waals surface area (Å²) >= 11 is 8.51. The average Bonchev–Trinajstić information content (AvgIpc) is 2.59. The van der Waals surface area contributed by atoms with Crippen molar-refractivity contribution in [2.75, 3.05) is 6.54 Å². The van der Waals surface area contributed by atoms with Gasteiger partial charge in [-0.2, -0.15) is 0 Å². The fourth-order valence-corrected chi connectivity index (χ4v) is 3.46. The van der Waals surface area contributed by atoms with E-state index in [0.29, 0.717) is 15.8 Å². The molecule has 0 radical (unpaired) electrons. The largest absolute Gasteiger partial charge is 0.507 e. The fraction of sp³-hybridized carbons (Fsp3) is 0.167. The molecule has 94 valence electrons. The van der Waals surface area contributed by atoms with E-state index in [4.69, 9.17) is 12.2 Å². The molecule has 0 atom stereocenters. The Morgan fingerprint density at radius 2 is 2.28 bits per heavy atom. The molecule has 0 saturated carbocycles. The molecule has 1 amide bonds. The monoisotopic (exact) mass is 391 g/mol. The second-order valence-electron chi connectivity index (χ2n) is 3.64. The molecule has 0 bridgehead atoms. The van der Waals surface area contributed by atoms with Crippen molar-refractivity contribution >= 4 is 62.9 Å². The number of benzene rings is 1. The zero-order chi connectivity index (χ0) is 13.3. The Hall–Kier alpha value is -0.600. The third-order valence-corrected chi connectivity index (χ3v) is 4.70. The summed E-state index contributed by atoms with van der Waals surface area (Å²) in [5.41, 5.74) is 0.883. The first kappa shape index (κ1) is 13.8. The minimum absolute atomic E-state index is 0.0458. The summed E-state index contributed by atoms with van der Waals surface area (Å²) in [5, 5.41) is 9.45. The first-order valence-electron chi connectivity index (χ1n) is 5.27. The SMILES string of the molecule is CCN1C(=O)C(=Cc2ccc(O)c(I)c2)SC1=S. The van der Waals surface area contributed by atoms with E-state index >= 15 is 0 Å². The number of hydrogen-bond donors (Lipinski definition) is 1. The average molecular weight is 391 g/mol. The van der Waals surface area contributed by atoms with Crippen molar-refractivity contribution in [3.05, 3.63) is 32.2 Å². The van der Waals surface area contributed by atoms with E-state index in [2.05, 4.69) is 22.6 Å². The van der Waals surface area contributed by atoms with Crippen LogP contribution >= 0.6 is 46.6 Å². The van der Waals surface area contributed by atoms with Crippen LogP contribution in [0.5, 0.6) is 5.75 Å². The Bertz CT molecular complexity index is 557. The van der Waals surface area contributed by atoms with Gasteiger partial charge in [0.25, 0.3) is 5.91 Å². The highest BCUT2D eigenvalue weighted by atomic mass is 127. The fourth-order valence-electron chi connectivity index (χ4n) is 1.54. The zero-order valence-corrected chi connectivity index (χ0v) is 13.3. The second kappa shape index (κ2) is 5.58. The molecule has 18 heavy (non-hydrogen) atoms. The lowest BCUT2D eigenvalue weighted by molar-refractivity contribution is -0.121. The summed E-state index contributed by atoms with van der Waals surface area (Å²) in [5.74, 6) is 0.199. The number of phenolic OH excluding ortho intramolecular Hbond substituents is 1. The number of amides is 1. The molecule has 1 aliphatic heterocycles. The van der Waals surface area contributed by atoms with Crippen LogP contribution in [0.2, 0.25) is 0 Å². The van der Waals surface area contributed by atoms with E-state index < -0.39 is 0 Å². The number of rotatable bonds is 2. The van der Waals surface area contributed by atoms with E-state index in [1.54, 1.807) is 23.1 Å². The van der Waals surface area contributed by atoms with Gasteiger partial charge in [0, 0.05) is 6.54 Å². The van der Waals surface area contributed by atoms with Crippen LogP contribution in [0.15, 0.2) is 23.1 Å². The summed E-state index contributed by atoms with van der Waals surface area (Å²) in [6.07, 6.45) is 1.80. The van der Waals surface area contributed by atoms with Crippen molar-refractivity contribution in [3.8, 4) is 5.75 Å². The third kappa shape index (κ3) is 2.70. The van der Waals surface area contributed by atoms with Gasteiger partial charge in [0.1, 0.15) is 10.1 Å². The van der Waals surface area contributed by atoms with Gasteiger partial charge in [-0.25, -0.2) is 0 Å². The molecule has 2 rings (SSSR count). The highest BCUT2D eigenvalue weighted by molar-refractivity contribution is 14.1. The number of thioether (sulfide) groups is 1. The molecular weight excluding hydrogens is 381 g/mol. The van der Waals surface area contributed by atoms with E-state index in [1.165, 1.54) is 11.8 Å². The molecule has 3 nitrogen and oxygen atoms in total. The lowest BCUT2D eigenvalue weighted by Gasteiger charge is -2.09. The lowest BCUT2D eigenvalue weighted by Crippen LogP contribution is -2.27. The number of carbonyl (C=O) groups is 1. The molecule has 6 heteroatoms. The Labute approximate surface area is 128 Å². The smallest absolute Gasteiger partial charge is 0.266 e. The topological polar surface area (TPSA) is 40.5 Å². The van der Waals surface area contributed by atoms with Gasteiger partial charge in [-0.15, -0.1) is 0 Å². The minimum atomic E-state index is -0.0458. The summed E-state index contributed by atoms with van der Waals surface area (Å²) in [6, 6.07) is 5.22. The summed E-state index contributed by atoms with van der Waals surface area (Å²) in [6.45, 7) is 2.49. The summed E-state index contributed by atoms with van der Waals surface area (Å²) < 4.78 is 1.36. The molecule has 0 aliphatic carbocycles. The number of thiocarbonyl (C=S) groups is 1. The molecule has 1 N–H and O–H groups in total. The van der Waals surface area contributed by atoms with Crippen LogP contribution < -0.4 is 0 Å². The molecule has 0 aromatic heterocycles. The van der Waals surface area contributed by atoms with Gasteiger partial charge in [-0.3, -0.25) is 9.69 Å². The van der Waals surface area contributed by atoms with Crippen molar-refractivity contribution < 1.29 is 9.90 Å².